The number of nitrogens with one attached hydrogen (secondary N) is 2. The van der Waals surface area contributed by atoms with Crippen LogP contribution in [0.1, 0.15) is 49.9 Å². The lowest BCUT2D eigenvalue weighted by molar-refractivity contribution is 0.287. The topological polar surface area (TPSA) is 67.8 Å². The highest BCUT2D eigenvalue weighted by atomic mass is 32.1. The summed E-state index contributed by atoms with van der Waals surface area (Å²) in [5, 5.41) is 10.1. The summed E-state index contributed by atoms with van der Waals surface area (Å²) in [7, 11) is 1.79. The molecule has 0 unspecified atom stereocenters. The van der Waals surface area contributed by atoms with E-state index < -0.39 is 0 Å². The van der Waals surface area contributed by atoms with Crippen molar-refractivity contribution in [3.8, 4) is 11.5 Å². The number of ether oxygens (including phenoxy) is 2. The number of guanidine groups is 1. The van der Waals surface area contributed by atoms with Crippen molar-refractivity contribution in [2.75, 3.05) is 33.4 Å². The third-order valence-corrected chi connectivity index (χ3v) is 5.47. The van der Waals surface area contributed by atoms with Crippen LogP contribution in [0.3, 0.4) is 0 Å². The third-order valence-electron chi connectivity index (χ3n) is 4.27. The Morgan fingerprint density at radius 1 is 1.07 bits per heavy atom. The molecule has 0 aliphatic carbocycles. The van der Waals surface area contributed by atoms with Gasteiger partial charge in [-0.25, -0.2) is 4.98 Å². The molecule has 0 bridgehead atoms. The minimum Gasteiger partial charge on any atom is -0.490 e. The maximum atomic E-state index is 5.70. The second-order valence-electron chi connectivity index (χ2n) is 6.90. The first-order valence-corrected chi connectivity index (χ1v) is 11.2. The summed E-state index contributed by atoms with van der Waals surface area (Å²) >= 11 is 1.74. The quantitative estimate of drug-likeness (QED) is 0.426. The second kappa shape index (κ2) is 12.3. The molecule has 0 saturated carbocycles. The van der Waals surface area contributed by atoms with Crippen molar-refractivity contribution in [3.05, 3.63) is 39.8 Å². The van der Waals surface area contributed by atoms with E-state index in [0.29, 0.717) is 19.1 Å². The Labute approximate surface area is 178 Å². The first kappa shape index (κ1) is 23.0. The van der Waals surface area contributed by atoms with Gasteiger partial charge in [0.05, 0.1) is 23.9 Å². The van der Waals surface area contributed by atoms with E-state index in [1.807, 2.05) is 19.9 Å². The summed E-state index contributed by atoms with van der Waals surface area (Å²) in [6, 6.07) is 6.12. The van der Waals surface area contributed by atoms with E-state index >= 15 is 0 Å². The molecule has 0 amide bonds. The molecule has 2 N–H and O–H groups in total. The number of hydrogen-bond donors (Lipinski definition) is 2. The van der Waals surface area contributed by atoms with Crippen molar-refractivity contribution in [2.45, 2.75) is 46.5 Å². The van der Waals surface area contributed by atoms with Gasteiger partial charge in [0.25, 0.3) is 0 Å². The smallest absolute Gasteiger partial charge is 0.190 e. The summed E-state index contributed by atoms with van der Waals surface area (Å²) in [5.41, 5.74) is 2.34. The van der Waals surface area contributed by atoms with Gasteiger partial charge in [0, 0.05) is 37.9 Å². The Balaban J connectivity index is 1.78. The lowest BCUT2D eigenvalue weighted by Gasteiger charge is -2.14. The molecule has 0 aliphatic heterocycles. The van der Waals surface area contributed by atoms with E-state index in [2.05, 4.69) is 52.0 Å². The van der Waals surface area contributed by atoms with Crippen LogP contribution in [0, 0.1) is 0 Å². The average molecular weight is 419 g/mol. The van der Waals surface area contributed by atoms with Crippen molar-refractivity contribution < 1.29 is 9.47 Å². The highest BCUT2D eigenvalue weighted by molar-refractivity contribution is 7.09. The summed E-state index contributed by atoms with van der Waals surface area (Å²) in [6.45, 7) is 11.1. The van der Waals surface area contributed by atoms with Crippen LogP contribution in [0.4, 0.5) is 0 Å². The van der Waals surface area contributed by atoms with Gasteiger partial charge in [-0.3, -0.25) is 4.99 Å². The average Bonchev–Trinajstić information content (AvgIpc) is 3.18. The molecule has 0 fully saturated rings. The summed E-state index contributed by atoms with van der Waals surface area (Å²) < 4.78 is 11.3. The third kappa shape index (κ3) is 7.57. The van der Waals surface area contributed by atoms with Gasteiger partial charge in [0.1, 0.15) is 0 Å². The normalized spacial score (nSPS) is 11.6. The predicted molar refractivity (Wildman–Crippen MR) is 122 cm³/mol. The zero-order valence-corrected chi connectivity index (χ0v) is 19.1. The molecule has 29 heavy (non-hydrogen) atoms. The van der Waals surface area contributed by atoms with Gasteiger partial charge >= 0.3 is 0 Å². The number of thiazole rings is 1. The second-order valence-corrected chi connectivity index (χ2v) is 7.79. The van der Waals surface area contributed by atoms with Crippen LogP contribution < -0.4 is 20.1 Å². The highest BCUT2D eigenvalue weighted by Crippen LogP contribution is 2.28. The molecule has 0 atom stereocenters. The zero-order valence-electron chi connectivity index (χ0n) is 18.2. The van der Waals surface area contributed by atoms with Gasteiger partial charge < -0.3 is 20.1 Å². The molecule has 6 nitrogen and oxygen atoms in total. The molecular weight excluding hydrogens is 384 g/mol. The van der Waals surface area contributed by atoms with E-state index in [-0.39, 0.29) is 0 Å². The number of aliphatic imine (C=N–C) groups is 1. The molecule has 2 aromatic rings. The number of nitrogens with zero attached hydrogens (tertiary/aromatic N) is 2. The molecule has 2 rings (SSSR count). The van der Waals surface area contributed by atoms with E-state index in [9.17, 15) is 0 Å². The van der Waals surface area contributed by atoms with Crippen LogP contribution in [0.15, 0.2) is 28.6 Å². The summed E-state index contributed by atoms with van der Waals surface area (Å²) in [4.78, 5) is 8.98. The van der Waals surface area contributed by atoms with Gasteiger partial charge in [-0.1, -0.05) is 19.9 Å². The van der Waals surface area contributed by atoms with Crippen LogP contribution in [0.2, 0.25) is 0 Å². The molecule has 160 valence electrons. The number of benzene rings is 1. The number of aromatic nitrogens is 1. The standard InChI is InChI=1S/C22H34N4O2S/c1-6-27-19-9-8-17(14-20(19)28-7-2)10-12-24-22(23-5)25-13-11-18-15-29-21(26-18)16(3)4/h8-9,14-16H,6-7,10-13H2,1-5H3,(H2,23,24,25). The van der Waals surface area contributed by atoms with Crippen molar-refractivity contribution in [3.63, 3.8) is 0 Å². The maximum Gasteiger partial charge on any atom is 0.190 e. The molecule has 0 radical (unpaired) electrons. The van der Waals surface area contributed by atoms with E-state index in [4.69, 9.17) is 9.47 Å². The van der Waals surface area contributed by atoms with Gasteiger partial charge in [0.15, 0.2) is 17.5 Å². The fraction of sp³-hybridized carbons (Fsp3) is 0.545. The first-order chi connectivity index (χ1) is 14.1. The minimum absolute atomic E-state index is 0.488. The predicted octanol–water partition coefficient (Wildman–Crippen LogP) is 4.01. The van der Waals surface area contributed by atoms with Crippen LogP contribution in [-0.2, 0) is 12.8 Å². The Bertz CT molecular complexity index is 774. The van der Waals surface area contributed by atoms with Crippen molar-refractivity contribution >= 4 is 17.3 Å². The molecule has 1 heterocycles. The van der Waals surface area contributed by atoms with Gasteiger partial charge in [-0.05, 0) is 38.0 Å². The van der Waals surface area contributed by atoms with Crippen LogP contribution >= 0.6 is 11.3 Å². The minimum atomic E-state index is 0.488. The van der Waals surface area contributed by atoms with Crippen LogP contribution in [0.5, 0.6) is 11.5 Å². The molecule has 0 spiro atoms. The van der Waals surface area contributed by atoms with Crippen LogP contribution in [-0.4, -0.2) is 44.3 Å². The SMILES string of the molecule is CCOc1ccc(CCNC(=NC)NCCc2csc(C(C)C)n2)cc1OCC. The Hall–Kier alpha value is -2.28. The lowest BCUT2D eigenvalue weighted by Crippen LogP contribution is -2.39. The monoisotopic (exact) mass is 418 g/mol. The summed E-state index contributed by atoms with van der Waals surface area (Å²) in [6.07, 6.45) is 1.76. The van der Waals surface area contributed by atoms with Crippen molar-refractivity contribution in [1.82, 2.24) is 15.6 Å². The molecule has 1 aromatic heterocycles. The number of hydrogen-bond acceptors (Lipinski definition) is 5. The highest BCUT2D eigenvalue weighted by Gasteiger charge is 2.08. The molecule has 0 saturated heterocycles. The van der Waals surface area contributed by atoms with E-state index in [1.165, 1.54) is 10.6 Å². The first-order valence-electron chi connectivity index (χ1n) is 10.3. The Morgan fingerprint density at radius 3 is 2.38 bits per heavy atom. The van der Waals surface area contributed by atoms with Crippen molar-refractivity contribution in [1.29, 1.82) is 0 Å². The van der Waals surface area contributed by atoms with Crippen LogP contribution in [0.25, 0.3) is 0 Å². The molecular formula is C22H34N4O2S. The largest absolute Gasteiger partial charge is 0.490 e. The van der Waals surface area contributed by atoms with Gasteiger partial charge in [-0.2, -0.15) is 0 Å². The van der Waals surface area contributed by atoms with E-state index in [1.54, 1.807) is 18.4 Å². The molecule has 1 aromatic carbocycles. The summed E-state index contributed by atoms with van der Waals surface area (Å²) in [5.74, 6) is 2.90. The van der Waals surface area contributed by atoms with Gasteiger partial charge in [-0.15, -0.1) is 11.3 Å². The Kier molecular flexibility index (Phi) is 9.77. The molecule has 0 aliphatic rings. The Morgan fingerprint density at radius 2 is 1.76 bits per heavy atom. The fourth-order valence-corrected chi connectivity index (χ4v) is 3.68. The lowest BCUT2D eigenvalue weighted by atomic mass is 10.1. The van der Waals surface area contributed by atoms with Gasteiger partial charge in [0.2, 0.25) is 0 Å². The van der Waals surface area contributed by atoms with E-state index in [0.717, 1.165) is 49.1 Å². The zero-order chi connectivity index (χ0) is 21.1. The fourth-order valence-electron chi connectivity index (χ4n) is 2.81. The number of rotatable bonds is 11. The molecule has 7 heteroatoms. The van der Waals surface area contributed by atoms with Crippen molar-refractivity contribution in [2.24, 2.45) is 4.99 Å². The maximum absolute atomic E-state index is 5.70.